The van der Waals surface area contributed by atoms with Crippen molar-refractivity contribution in [2.45, 2.75) is 31.1 Å². The Hall–Kier alpha value is -4.67. The van der Waals surface area contributed by atoms with Crippen molar-refractivity contribution in [1.82, 2.24) is 34.4 Å². The van der Waals surface area contributed by atoms with Crippen molar-refractivity contribution in [2.24, 2.45) is 19.5 Å². The Kier molecular flexibility index (Phi) is 4.69. The maximum Gasteiger partial charge on any atom is 0.407 e. The summed E-state index contributed by atoms with van der Waals surface area (Å²) in [6.07, 6.45) is 9.65. The Morgan fingerprint density at radius 3 is 2.51 bits per heavy atom. The number of aromatic nitrogens is 6. The number of aromatic amines is 1. The van der Waals surface area contributed by atoms with Crippen molar-refractivity contribution in [1.29, 1.82) is 0 Å². The lowest BCUT2D eigenvalue weighted by Gasteiger charge is -2.56. The minimum Gasteiger partial charge on any atom is -0.465 e. The number of pyridine rings is 1. The van der Waals surface area contributed by atoms with Gasteiger partial charge in [0.2, 0.25) is 5.91 Å². The quantitative estimate of drug-likeness (QED) is 0.338. The summed E-state index contributed by atoms with van der Waals surface area (Å²) in [5.74, 6) is 0.103. The molecule has 208 valence electrons. The Balaban J connectivity index is 1.34. The molecular formula is C30H30N8O3. The van der Waals surface area contributed by atoms with Gasteiger partial charge in [-0.3, -0.25) is 14.2 Å². The Morgan fingerprint density at radius 1 is 1.02 bits per heavy atom. The second-order valence-electron chi connectivity index (χ2n) is 12.1. The number of rotatable bonds is 2. The van der Waals surface area contributed by atoms with E-state index in [-0.39, 0.29) is 11.3 Å². The topological polar surface area (TPSA) is 125 Å². The van der Waals surface area contributed by atoms with E-state index in [0.717, 1.165) is 81.3 Å². The minimum absolute atomic E-state index is 0.0308. The van der Waals surface area contributed by atoms with Crippen LogP contribution in [0.4, 0.5) is 10.5 Å². The van der Waals surface area contributed by atoms with Crippen LogP contribution in [0, 0.1) is 5.41 Å². The molecule has 2 N–H and O–H groups in total. The molecule has 1 aromatic carbocycles. The number of hydrogen-bond donors (Lipinski definition) is 2. The number of hydrogen-bond acceptors (Lipinski definition) is 5. The molecule has 11 heteroatoms. The van der Waals surface area contributed by atoms with Gasteiger partial charge in [0.05, 0.1) is 40.9 Å². The molecule has 1 aliphatic carbocycles. The van der Waals surface area contributed by atoms with Gasteiger partial charge in [0.25, 0.3) is 0 Å². The fourth-order valence-electron chi connectivity index (χ4n) is 7.88. The maximum atomic E-state index is 14.1. The number of carboxylic acid groups (broad SMARTS) is 1. The van der Waals surface area contributed by atoms with E-state index in [2.05, 4.69) is 33.4 Å². The van der Waals surface area contributed by atoms with E-state index in [9.17, 15) is 14.7 Å². The first-order chi connectivity index (χ1) is 19.7. The summed E-state index contributed by atoms with van der Waals surface area (Å²) in [5, 5.41) is 20.4. The van der Waals surface area contributed by atoms with Crippen LogP contribution in [0.1, 0.15) is 31.2 Å². The van der Waals surface area contributed by atoms with Crippen LogP contribution in [-0.2, 0) is 24.3 Å². The van der Waals surface area contributed by atoms with E-state index in [1.807, 2.05) is 50.6 Å². The van der Waals surface area contributed by atoms with Crippen LogP contribution in [0.3, 0.4) is 0 Å². The third-order valence-electron chi connectivity index (χ3n) is 9.83. The molecule has 0 bridgehead atoms. The van der Waals surface area contributed by atoms with Crippen molar-refractivity contribution in [3.8, 4) is 22.4 Å². The summed E-state index contributed by atoms with van der Waals surface area (Å²) in [7, 11) is 5.68. The molecular weight excluding hydrogens is 520 g/mol. The lowest BCUT2D eigenvalue weighted by molar-refractivity contribution is -0.134. The molecule has 6 heterocycles. The molecule has 1 saturated heterocycles. The van der Waals surface area contributed by atoms with Gasteiger partial charge in [0.1, 0.15) is 5.65 Å². The molecule has 2 spiro atoms. The van der Waals surface area contributed by atoms with Crippen LogP contribution in [0.15, 0.2) is 43.0 Å². The van der Waals surface area contributed by atoms with Gasteiger partial charge in [-0.25, -0.2) is 9.78 Å². The first kappa shape index (κ1) is 24.2. The van der Waals surface area contributed by atoms with Gasteiger partial charge in [-0.2, -0.15) is 10.2 Å². The molecule has 5 aromatic rings. The number of nitrogens with zero attached hydrogens (tertiary/aromatic N) is 7. The Bertz CT molecular complexity index is 1910. The van der Waals surface area contributed by atoms with E-state index < -0.39 is 11.5 Å². The summed E-state index contributed by atoms with van der Waals surface area (Å²) >= 11 is 0. The van der Waals surface area contributed by atoms with Crippen molar-refractivity contribution in [3.63, 3.8) is 0 Å². The number of carbonyl (C=O) groups excluding carboxylic acids is 1. The highest BCUT2D eigenvalue weighted by atomic mass is 16.4. The number of anilines is 1. The highest BCUT2D eigenvalue weighted by molar-refractivity contribution is 6.17. The summed E-state index contributed by atoms with van der Waals surface area (Å²) in [4.78, 5) is 37.3. The second-order valence-corrected chi connectivity index (χ2v) is 12.1. The van der Waals surface area contributed by atoms with Gasteiger partial charge < -0.3 is 19.9 Å². The van der Waals surface area contributed by atoms with E-state index in [0.29, 0.717) is 13.1 Å². The number of fused-ring (bicyclic) bond motifs is 5. The van der Waals surface area contributed by atoms with E-state index in [1.54, 1.807) is 9.58 Å². The molecule has 0 atom stereocenters. The predicted octanol–water partition coefficient (Wildman–Crippen LogP) is 4.29. The number of carbonyl (C=O) groups is 2. The van der Waals surface area contributed by atoms with E-state index in [1.165, 1.54) is 4.90 Å². The molecule has 0 radical (unpaired) electrons. The number of benzene rings is 1. The lowest BCUT2D eigenvalue weighted by atomic mass is 9.47. The largest absolute Gasteiger partial charge is 0.465 e. The molecule has 3 aliphatic rings. The molecule has 2 amide bonds. The summed E-state index contributed by atoms with van der Waals surface area (Å²) in [6, 6.07) is 6.35. The number of H-pyrrole nitrogens is 1. The smallest absolute Gasteiger partial charge is 0.407 e. The minimum atomic E-state index is -0.867. The third-order valence-corrected chi connectivity index (χ3v) is 9.83. The van der Waals surface area contributed by atoms with Crippen LogP contribution in [0.5, 0.6) is 0 Å². The third kappa shape index (κ3) is 3.17. The van der Waals surface area contributed by atoms with Gasteiger partial charge >= 0.3 is 6.09 Å². The number of nitrogens with one attached hydrogen (secondary N) is 1. The molecule has 2 fully saturated rings. The monoisotopic (exact) mass is 550 g/mol. The lowest BCUT2D eigenvalue weighted by Crippen LogP contribution is -2.58. The molecule has 2 aliphatic heterocycles. The van der Waals surface area contributed by atoms with Crippen molar-refractivity contribution < 1.29 is 14.7 Å². The second kappa shape index (κ2) is 7.96. The van der Waals surface area contributed by atoms with E-state index in [4.69, 9.17) is 4.98 Å². The van der Waals surface area contributed by atoms with Crippen LogP contribution >= 0.6 is 0 Å². The molecule has 8 rings (SSSR count). The molecule has 4 aromatic heterocycles. The van der Waals surface area contributed by atoms with Gasteiger partial charge in [0, 0.05) is 67.9 Å². The van der Waals surface area contributed by atoms with Gasteiger partial charge in [-0.05, 0) is 48.8 Å². The van der Waals surface area contributed by atoms with Crippen LogP contribution < -0.4 is 4.90 Å². The van der Waals surface area contributed by atoms with Gasteiger partial charge in [0.15, 0.2) is 0 Å². The zero-order valence-electron chi connectivity index (χ0n) is 23.2. The number of aryl methyl sites for hydroxylation is 2. The Labute approximate surface area is 235 Å². The highest BCUT2D eigenvalue weighted by Gasteiger charge is 2.65. The standard InChI is InChI=1S/C30H30N8O3/c1-35-14-19(12-32-35)25-22(17-4-5-20-18(10-17)11-33-37(20)3)23-24-21(13-31-26(23)34-25)36(2)27(39)30(24)15-29(16-30)6-8-38(9-7-29)28(40)41/h4-5,10-14H,6-9,15-16H2,1-3H3,(H,31,34)(H,40,41). The normalized spacial score (nSPS) is 19.0. The Morgan fingerprint density at radius 2 is 1.80 bits per heavy atom. The average Bonchev–Trinajstić information content (AvgIpc) is 3.69. The first-order valence-corrected chi connectivity index (χ1v) is 13.9. The SMILES string of the molecule is CN1C(=O)C2(CC3(CCN(C(=O)O)CC3)C2)c2c1cnc1[nH]c(-c3cnn(C)c3)c(-c3ccc4c(cnn4C)c3)c21. The van der Waals surface area contributed by atoms with Crippen LogP contribution in [0.25, 0.3) is 44.3 Å². The zero-order chi connectivity index (χ0) is 28.3. The van der Waals surface area contributed by atoms with Crippen LogP contribution in [-0.4, -0.2) is 71.7 Å². The van der Waals surface area contributed by atoms with Gasteiger partial charge in [-0.1, -0.05) is 6.07 Å². The van der Waals surface area contributed by atoms with Crippen molar-refractivity contribution >= 4 is 39.6 Å². The number of likely N-dealkylation sites (N-methyl/N-ethyl adjacent to an activating group) is 1. The number of piperidine rings is 1. The maximum absolute atomic E-state index is 14.1. The summed E-state index contributed by atoms with van der Waals surface area (Å²) in [5.41, 5.74) is 6.87. The predicted molar refractivity (Wildman–Crippen MR) is 154 cm³/mol. The zero-order valence-corrected chi connectivity index (χ0v) is 23.2. The highest BCUT2D eigenvalue weighted by Crippen LogP contribution is 2.66. The number of amides is 2. The average molecular weight is 551 g/mol. The molecule has 1 saturated carbocycles. The molecule has 11 nitrogen and oxygen atoms in total. The van der Waals surface area contributed by atoms with E-state index >= 15 is 0 Å². The van der Waals surface area contributed by atoms with Crippen molar-refractivity contribution in [3.05, 3.63) is 48.5 Å². The number of likely N-dealkylation sites (tertiary alicyclic amines) is 1. The van der Waals surface area contributed by atoms with Crippen molar-refractivity contribution in [2.75, 3.05) is 25.0 Å². The van der Waals surface area contributed by atoms with Gasteiger partial charge in [-0.15, -0.1) is 0 Å². The summed E-state index contributed by atoms with van der Waals surface area (Å²) < 4.78 is 3.65. The molecule has 41 heavy (non-hydrogen) atoms. The molecule has 0 unspecified atom stereocenters. The van der Waals surface area contributed by atoms with Crippen LogP contribution in [0.2, 0.25) is 0 Å². The first-order valence-electron chi connectivity index (χ1n) is 13.9. The fraction of sp³-hybridized carbons (Fsp3) is 0.367. The summed E-state index contributed by atoms with van der Waals surface area (Å²) in [6.45, 7) is 1.03. The fourth-order valence-corrected chi connectivity index (χ4v) is 7.88.